The summed E-state index contributed by atoms with van der Waals surface area (Å²) >= 11 is 0. The summed E-state index contributed by atoms with van der Waals surface area (Å²) in [4.78, 5) is 37.4. The van der Waals surface area contributed by atoms with Crippen LogP contribution < -0.4 is 20.7 Å². The Kier molecular flexibility index (Phi) is 7.36. The fourth-order valence-electron chi connectivity index (χ4n) is 3.49. The molecule has 0 radical (unpaired) electrons. The molecule has 2 heterocycles. The average Bonchev–Trinajstić information content (AvgIpc) is 3.74. The Morgan fingerprint density at radius 3 is 2.35 bits per heavy atom. The molecule has 4 rings (SSSR count). The predicted molar refractivity (Wildman–Crippen MR) is 137 cm³/mol. The zero-order valence-electron chi connectivity index (χ0n) is 20.8. The molecule has 0 spiro atoms. The van der Waals surface area contributed by atoms with Crippen LogP contribution in [0.15, 0.2) is 47.8 Å². The number of carbonyl (C=O) groups excluding carboxylic acids is 2. The number of hydrogen-bond acceptors (Lipinski definition) is 9. The van der Waals surface area contributed by atoms with E-state index >= 15 is 0 Å². The quantitative estimate of drug-likeness (QED) is 0.381. The second kappa shape index (κ2) is 10.5. The number of hydrogen-bond donors (Lipinski definition) is 3. The fourth-order valence-corrected chi connectivity index (χ4v) is 4.29. The molecule has 0 atom stereocenters. The SMILES string of the molecule is CNC(=O)c1cnc(NC(=O)C2CC2)cc1Nc1cccc(-c2ncc(S(=O)(=O)N(C)C)cn2)c1OC. The van der Waals surface area contributed by atoms with E-state index in [1.807, 2.05) is 0 Å². The van der Waals surface area contributed by atoms with Gasteiger partial charge in [-0.25, -0.2) is 27.7 Å². The Morgan fingerprint density at radius 1 is 1.05 bits per heavy atom. The summed E-state index contributed by atoms with van der Waals surface area (Å²) in [7, 11) is 2.16. The first-order valence-electron chi connectivity index (χ1n) is 11.4. The lowest BCUT2D eigenvalue weighted by atomic mass is 10.1. The van der Waals surface area contributed by atoms with Gasteiger partial charge in [0.15, 0.2) is 11.6 Å². The van der Waals surface area contributed by atoms with Gasteiger partial charge >= 0.3 is 0 Å². The number of aromatic nitrogens is 3. The van der Waals surface area contributed by atoms with Gasteiger partial charge in [0.2, 0.25) is 15.9 Å². The normalized spacial score (nSPS) is 13.2. The number of rotatable bonds is 9. The molecular formula is C24H27N7O5S. The summed E-state index contributed by atoms with van der Waals surface area (Å²) in [5, 5.41) is 8.55. The molecule has 37 heavy (non-hydrogen) atoms. The highest BCUT2D eigenvalue weighted by Gasteiger charge is 2.30. The third-order valence-corrected chi connectivity index (χ3v) is 7.48. The van der Waals surface area contributed by atoms with Crippen LogP contribution in [0.25, 0.3) is 11.4 Å². The average molecular weight is 526 g/mol. The minimum Gasteiger partial charge on any atom is -0.494 e. The van der Waals surface area contributed by atoms with E-state index < -0.39 is 10.0 Å². The fraction of sp³-hybridized carbons (Fsp3) is 0.292. The van der Waals surface area contributed by atoms with Gasteiger partial charge in [-0.3, -0.25) is 9.59 Å². The van der Waals surface area contributed by atoms with E-state index in [-0.39, 0.29) is 34.0 Å². The molecule has 3 aromatic rings. The molecule has 13 heteroatoms. The number of nitrogens with zero attached hydrogens (tertiary/aromatic N) is 4. The molecule has 1 aliphatic carbocycles. The summed E-state index contributed by atoms with van der Waals surface area (Å²) in [6.07, 6.45) is 5.55. The summed E-state index contributed by atoms with van der Waals surface area (Å²) in [6.45, 7) is 0. The number of sulfonamides is 1. The van der Waals surface area contributed by atoms with E-state index in [1.165, 1.54) is 46.8 Å². The van der Waals surface area contributed by atoms with Crippen molar-refractivity contribution in [1.29, 1.82) is 0 Å². The molecule has 1 aromatic carbocycles. The van der Waals surface area contributed by atoms with Gasteiger partial charge in [-0.05, 0) is 25.0 Å². The number of benzene rings is 1. The Bertz CT molecular complexity index is 1440. The number of nitrogens with one attached hydrogen (secondary N) is 3. The van der Waals surface area contributed by atoms with E-state index in [0.29, 0.717) is 28.5 Å². The molecule has 0 aliphatic heterocycles. The Balaban J connectivity index is 1.70. The van der Waals surface area contributed by atoms with Gasteiger partial charge in [0.05, 0.1) is 42.0 Å². The molecule has 2 amide bonds. The lowest BCUT2D eigenvalue weighted by molar-refractivity contribution is -0.117. The highest BCUT2D eigenvalue weighted by atomic mass is 32.2. The van der Waals surface area contributed by atoms with Crippen LogP contribution in [-0.2, 0) is 14.8 Å². The lowest BCUT2D eigenvalue weighted by Gasteiger charge is -2.17. The minimum atomic E-state index is -3.68. The first-order chi connectivity index (χ1) is 17.6. The third-order valence-electron chi connectivity index (χ3n) is 5.71. The second-order valence-electron chi connectivity index (χ2n) is 8.50. The van der Waals surface area contributed by atoms with E-state index in [1.54, 1.807) is 24.3 Å². The molecule has 3 N–H and O–H groups in total. The van der Waals surface area contributed by atoms with Crippen LogP contribution in [0.1, 0.15) is 23.2 Å². The highest BCUT2D eigenvalue weighted by Crippen LogP contribution is 2.37. The Hall–Kier alpha value is -4.10. The largest absolute Gasteiger partial charge is 0.494 e. The van der Waals surface area contributed by atoms with Gasteiger partial charge in [-0.15, -0.1) is 0 Å². The molecule has 0 bridgehead atoms. The van der Waals surface area contributed by atoms with Crippen molar-refractivity contribution in [2.45, 2.75) is 17.7 Å². The smallest absolute Gasteiger partial charge is 0.254 e. The summed E-state index contributed by atoms with van der Waals surface area (Å²) < 4.78 is 31.4. The number of carbonyl (C=O) groups is 2. The van der Waals surface area contributed by atoms with Gasteiger partial charge < -0.3 is 20.7 Å². The first-order valence-corrected chi connectivity index (χ1v) is 12.8. The molecular weight excluding hydrogens is 498 g/mol. The summed E-state index contributed by atoms with van der Waals surface area (Å²) in [5.41, 5.74) is 1.64. The van der Waals surface area contributed by atoms with Gasteiger partial charge in [0, 0.05) is 39.3 Å². The predicted octanol–water partition coefficient (Wildman–Crippen LogP) is 2.25. The monoisotopic (exact) mass is 525 g/mol. The standard InChI is InChI=1S/C24H27N7O5S/c1-25-24(33)17-13-26-20(30-23(32)14-8-9-14)10-19(17)29-18-7-5-6-16(21(18)36-4)22-27-11-15(12-28-22)37(34,35)31(2)3/h5-7,10-14H,8-9H2,1-4H3,(H,25,33)(H2,26,29,30,32). The zero-order valence-corrected chi connectivity index (χ0v) is 21.6. The molecule has 12 nitrogen and oxygen atoms in total. The van der Waals surface area contributed by atoms with Crippen LogP contribution in [0.4, 0.5) is 17.2 Å². The van der Waals surface area contributed by atoms with Gasteiger partial charge in [-0.2, -0.15) is 0 Å². The van der Waals surface area contributed by atoms with Crippen molar-refractivity contribution in [1.82, 2.24) is 24.6 Å². The lowest BCUT2D eigenvalue weighted by Crippen LogP contribution is -2.22. The van der Waals surface area contributed by atoms with Crippen LogP contribution in [0.3, 0.4) is 0 Å². The number of pyridine rings is 1. The van der Waals surface area contributed by atoms with Crippen LogP contribution in [0.2, 0.25) is 0 Å². The van der Waals surface area contributed by atoms with Crippen molar-refractivity contribution >= 4 is 39.0 Å². The Labute approximate surface area is 214 Å². The molecule has 0 saturated heterocycles. The van der Waals surface area contributed by atoms with E-state index in [9.17, 15) is 18.0 Å². The molecule has 0 unspecified atom stereocenters. The third kappa shape index (κ3) is 5.52. The van der Waals surface area contributed by atoms with Crippen LogP contribution >= 0.6 is 0 Å². The molecule has 1 fully saturated rings. The minimum absolute atomic E-state index is 0.00676. The molecule has 194 valence electrons. The van der Waals surface area contributed by atoms with Crippen molar-refractivity contribution in [3.05, 3.63) is 48.4 Å². The van der Waals surface area contributed by atoms with Crippen LogP contribution in [-0.4, -0.2) is 67.7 Å². The van der Waals surface area contributed by atoms with Gasteiger partial charge in [-0.1, -0.05) is 6.07 Å². The number of amides is 2. The van der Waals surface area contributed by atoms with Crippen molar-refractivity contribution in [3.63, 3.8) is 0 Å². The molecule has 2 aromatic heterocycles. The van der Waals surface area contributed by atoms with Crippen LogP contribution in [0, 0.1) is 5.92 Å². The molecule has 1 aliphatic rings. The van der Waals surface area contributed by atoms with Crippen molar-refractivity contribution < 1.29 is 22.7 Å². The maximum absolute atomic E-state index is 12.5. The summed E-state index contributed by atoms with van der Waals surface area (Å²) in [6, 6.07) is 6.79. The van der Waals surface area contributed by atoms with E-state index in [0.717, 1.165) is 17.1 Å². The topological polar surface area (TPSA) is 156 Å². The first kappa shape index (κ1) is 26.0. The Morgan fingerprint density at radius 2 is 1.76 bits per heavy atom. The van der Waals surface area contributed by atoms with Crippen LogP contribution in [0.5, 0.6) is 5.75 Å². The second-order valence-corrected chi connectivity index (χ2v) is 10.7. The number of anilines is 3. The van der Waals surface area contributed by atoms with Crippen molar-refractivity contribution in [2.75, 3.05) is 38.9 Å². The highest BCUT2D eigenvalue weighted by molar-refractivity contribution is 7.89. The maximum atomic E-state index is 12.5. The molecule has 1 saturated carbocycles. The van der Waals surface area contributed by atoms with Gasteiger partial charge in [0.25, 0.3) is 5.91 Å². The number of para-hydroxylation sites is 1. The van der Waals surface area contributed by atoms with Crippen molar-refractivity contribution in [3.8, 4) is 17.1 Å². The number of methoxy groups -OCH3 is 1. The van der Waals surface area contributed by atoms with E-state index in [2.05, 4.69) is 30.9 Å². The zero-order chi connectivity index (χ0) is 26.7. The summed E-state index contributed by atoms with van der Waals surface area (Å²) in [5.74, 6) is 0.440. The van der Waals surface area contributed by atoms with Crippen molar-refractivity contribution in [2.24, 2.45) is 5.92 Å². The van der Waals surface area contributed by atoms with E-state index in [4.69, 9.17) is 4.74 Å². The van der Waals surface area contributed by atoms with Gasteiger partial charge in [0.1, 0.15) is 10.7 Å². The number of ether oxygens (including phenoxy) is 1. The maximum Gasteiger partial charge on any atom is 0.254 e.